The van der Waals surface area contributed by atoms with E-state index >= 15 is 0 Å². The quantitative estimate of drug-likeness (QED) is 0.769. The Kier molecular flexibility index (Phi) is 3.37. The summed E-state index contributed by atoms with van der Waals surface area (Å²) in [6.45, 7) is 6.13. The molecule has 1 saturated carbocycles. The Morgan fingerprint density at radius 3 is 2.20 bits per heavy atom. The molecule has 1 aliphatic carbocycles. The maximum Gasteiger partial charge on any atom is 0.305 e. The molecule has 1 fully saturated rings. The number of hydrogen-bond acceptors (Lipinski definition) is 2. The monoisotopic (exact) mass is 213 g/mol. The summed E-state index contributed by atoms with van der Waals surface area (Å²) < 4.78 is 0. The summed E-state index contributed by atoms with van der Waals surface area (Å²) in [6, 6.07) is 0. The van der Waals surface area contributed by atoms with Gasteiger partial charge in [-0.05, 0) is 33.6 Å². The van der Waals surface area contributed by atoms with E-state index in [1.165, 1.54) is 0 Å². The molecule has 0 aromatic carbocycles. The van der Waals surface area contributed by atoms with Crippen molar-refractivity contribution in [3.8, 4) is 0 Å². The number of amides is 1. The second kappa shape index (κ2) is 4.21. The lowest BCUT2D eigenvalue weighted by Crippen LogP contribution is -2.47. The van der Waals surface area contributed by atoms with Crippen molar-refractivity contribution in [2.75, 3.05) is 6.54 Å². The van der Waals surface area contributed by atoms with Crippen LogP contribution in [0.25, 0.3) is 0 Å². The summed E-state index contributed by atoms with van der Waals surface area (Å²) in [4.78, 5) is 24.1. The molecule has 0 aromatic rings. The highest BCUT2D eigenvalue weighted by Crippen LogP contribution is 2.33. The smallest absolute Gasteiger partial charge is 0.305 e. The molecule has 1 amide bonds. The van der Waals surface area contributed by atoms with Gasteiger partial charge in [0.1, 0.15) is 0 Å². The van der Waals surface area contributed by atoms with Gasteiger partial charge >= 0.3 is 5.97 Å². The molecule has 1 aliphatic rings. The van der Waals surface area contributed by atoms with Crippen LogP contribution < -0.4 is 0 Å². The Bertz CT molecular complexity index is 263. The summed E-state index contributed by atoms with van der Waals surface area (Å²) in [5.41, 5.74) is -0.283. The maximum absolute atomic E-state index is 11.9. The first-order chi connectivity index (χ1) is 6.82. The van der Waals surface area contributed by atoms with E-state index in [-0.39, 0.29) is 23.8 Å². The van der Waals surface area contributed by atoms with E-state index in [2.05, 4.69) is 0 Å². The van der Waals surface area contributed by atoms with E-state index in [0.717, 1.165) is 12.8 Å². The van der Waals surface area contributed by atoms with E-state index in [1.54, 1.807) is 4.90 Å². The highest BCUT2D eigenvalue weighted by molar-refractivity contribution is 5.82. The van der Waals surface area contributed by atoms with Crippen molar-refractivity contribution in [1.82, 2.24) is 4.90 Å². The van der Waals surface area contributed by atoms with Crippen LogP contribution in [0, 0.1) is 5.92 Å². The molecule has 0 aliphatic heterocycles. The second-order valence-electron chi connectivity index (χ2n) is 5.08. The Labute approximate surface area is 90.3 Å². The molecule has 0 radical (unpaired) electrons. The average molecular weight is 213 g/mol. The largest absolute Gasteiger partial charge is 0.481 e. The van der Waals surface area contributed by atoms with Crippen molar-refractivity contribution in [3.63, 3.8) is 0 Å². The van der Waals surface area contributed by atoms with Crippen LogP contribution in [-0.2, 0) is 9.59 Å². The van der Waals surface area contributed by atoms with Gasteiger partial charge in [0.15, 0.2) is 0 Å². The van der Waals surface area contributed by atoms with Crippen LogP contribution in [-0.4, -0.2) is 34.0 Å². The maximum atomic E-state index is 11.9. The van der Waals surface area contributed by atoms with E-state index in [1.807, 2.05) is 20.8 Å². The van der Waals surface area contributed by atoms with Crippen LogP contribution >= 0.6 is 0 Å². The SMILES string of the molecule is CC(C)(C)N(CCC(=O)O)C(=O)C1CC1. The van der Waals surface area contributed by atoms with Gasteiger partial charge in [0.25, 0.3) is 0 Å². The van der Waals surface area contributed by atoms with Gasteiger partial charge in [0.05, 0.1) is 6.42 Å². The number of carboxylic acids is 1. The number of hydrogen-bond donors (Lipinski definition) is 1. The molecule has 86 valence electrons. The van der Waals surface area contributed by atoms with Gasteiger partial charge < -0.3 is 10.0 Å². The van der Waals surface area contributed by atoms with E-state index < -0.39 is 5.97 Å². The molecule has 4 nitrogen and oxygen atoms in total. The number of carboxylic acid groups (broad SMARTS) is 1. The molecule has 15 heavy (non-hydrogen) atoms. The van der Waals surface area contributed by atoms with E-state index in [4.69, 9.17) is 5.11 Å². The Morgan fingerprint density at radius 1 is 1.33 bits per heavy atom. The molecule has 1 rings (SSSR count). The van der Waals surface area contributed by atoms with Gasteiger partial charge in [-0.1, -0.05) is 0 Å². The second-order valence-corrected chi connectivity index (χ2v) is 5.08. The molecule has 0 heterocycles. The van der Waals surface area contributed by atoms with Gasteiger partial charge in [-0.15, -0.1) is 0 Å². The lowest BCUT2D eigenvalue weighted by molar-refractivity contribution is -0.141. The molecular formula is C11H19NO3. The van der Waals surface area contributed by atoms with Crippen molar-refractivity contribution in [1.29, 1.82) is 0 Å². The van der Waals surface area contributed by atoms with Gasteiger partial charge in [0, 0.05) is 18.0 Å². The van der Waals surface area contributed by atoms with Gasteiger partial charge in [0.2, 0.25) is 5.91 Å². The summed E-state index contributed by atoms with van der Waals surface area (Å²) in [5.74, 6) is -0.588. The molecule has 0 spiro atoms. The molecule has 0 unspecified atom stereocenters. The van der Waals surface area contributed by atoms with Gasteiger partial charge in [-0.3, -0.25) is 9.59 Å². The van der Waals surface area contributed by atoms with Crippen LogP contribution in [0.5, 0.6) is 0 Å². The molecule has 0 atom stereocenters. The van der Waals surface area contributed by atoms with E-state index in [0.29, 0.717) is 6.54 Å². The first-order valence-electron chi connectivity index (χ1n) is 5.35. The first kappa shape index (κ1) is 12.0. The Morgan fingerprint density at radius 2 is 1.87 bits per heavy atom. The minimum Gasteiger partial charge on any atom is -0.481 e. The Hall–Kier alpha value is -1.06. The zero-order chi connectivity index (χ0) is 11.6. The fourth-order valence-corrected chi connectivity index (χ4v) is 1.53. The van der Waals surface area contributed by atoms with Gasteiger partial charge in [-0.2, -0.15) is 0 Å². The summed E-state index contributed by atoms with van der Waals surface area (Å²) in [5, 5.41) is 8.63. The molecule has 0 saturated heterocycles. The third-order valence-corrected chi connectivity index (χ3v) is 2.55. The summed E-state index contributed by atoms with van der Waals surface area (Å²) in [7, 11) is 0. The lowest BCUT2D eigenvalue weighted by Gasteiger charge is -2.35. The average Bonchev–Trinajstić information content (AvgIpc) is 2.82. The van der Waals surface area contributed by atoms with Crippen molar-refractivity contribution >= 4 is 11.9 Å². The number of nitrogens with zero attached hydrogens (tertiary/aromatic N) is 1. The molecule has 0 bridgehead atoms. The van der Waals surface area contributed by atoms with E-state index in [9.17, 15) is 9.59 Å². The van der Waals surface area contributed by atoms with Crippen LogP contribution in [0.15, 0.2) is 0 Å². The lowest BCUT2D eigenvalue weighted by atomic mass is 10.0. The first-order valence-corrected chi connectivity index (χ1v) is 5.35. The minimum atomic E-state index is -0.854. The molecule has 0 aromatic heterocycles. The Balaban J connectivity index is 2.60. The normalized spacial score (nSPS) is 16.2. The van der Waals surface area contributed by atoms with Crippen LogP contribution in [0.2, 0.25) is 0 Å². The fourth-order valence-electron chi connectivity index (χ4n) is 1.53. The molecular weight excluding hydrogens is 194 g/mol. The molecule has 4 heteroatoms. The third-order valence-electron chi connectivity index (χ3n) is 2.55. The van der Waals surface area contributed by atoms with Crippen LogP contribution in [0.3, 0.4) is 0 Å². The van der Waals surface area contributed by atoms with Crippen LogP contribution in [0.1, 0.15) is 40.0 Å². The number of aliphatic carboxylic acids is 1. The zero-order valence-corrected chi connectivity index (χ0v) is 9.62. The van der Waals surface area contributed by atoms with Gasteiger partial charge in [-0.25, -0.2) is 0 Å². The number of carbonyl (C=O) groups excluding carboxylic acids is 1. The topological polar surface area (TPSA) is 57.6 Å². The van der Waals surface area contributed by atoms with Crippen molar-refractivity contribution < 1.29 is 14.7 Å². The standard InChI is InChI=1S/C11H19NO3/c1-11(2,3)12(7-6-9(13)14)10(15)8-4-5-8/h8H,4-7H2,1-3H3,(H,13,14). The predicted octanol–water partition coefficient (Wildman–Crippen LogP) is 1.50. The van der Waals surface area contributed by atoms with Crippen LogP contribution in [0.4, 0.5) is 0 Å². The molecule has 1 N–H and O–H groups in total. The fraction of sp³-hybridized carbons (Fsp3) is 0.818. The van der Waals surface area contributed by atoms with Crippen molar-refractivity contribution in [2.24, 2.45) is 5.92 Å². The number of carbonyl (C=O) groups is 2. The minimum absolute atomic E-state index is 0.0235. The summed E-state index contributed by atoms with van der Waals surface area (Å²) >= 11 is 0. The highest BCUT2D eigenvalue weighted by Gasteiger charge is 2.37. The highest BCUT2D eigenvalue weighted by atomic mass is 16.4. The predicted molar refractivity (Wildman–Crippen MR) is 56.4 cm³/mol. The number of rotatable bonds is 4. The zero-order valence-electron chi connectivity index (χ0n) is 9.62. The summed E-state index contributed by atoms with van der Waals surface area (Å²) in [6.07, 6.45) is 1.94. The third kappa shape index (κ3) is 3.53. The van der Waals surface area contributed by atoms with Crippen molar-refractivity contribution in [3.05, 3.63) is 0 Å². The van der Waals surface area contributed by atoms with Crippen molar-refractivity contribution in [2.45, 2.75) is 45.6 Å².